The fraction of sp³-hybridized carbons (Fsp3) is 0.357. The number of hydrogen-bond acceptors (Lipinski definition) is 3. The third-order valence-electron chi connectivity index (χ3n) is 3.16. The molecule has 0 unspecified atom stereocenters. The van der Waals surface area contributed by atoms with Gasteiger partial charge in [-0.05, 0) is 13.3 Å². The smallest absolute Gasteiger partial charge is 0.196 e. The van der Waals surface area contributed by atoms with Crippen molar-refractivity contribution in [3.63, 3.8) is 0 Å². The number of rotatable bonds is 3. The topological polar surface area (TPSA) is 51.3 Å². The fourth-order valence-electron chi connectivity index (χ4n) is 2.23. The molecule has 1 heterocycles. The highest BCUT2D eigenvalue weighted by molar-refractivity contribution is 5.87. The van der Waals surface area contributed by atoms with Crippen molar-refractivity contribution in [2.24, 2.45) is 0 Å². The molecule has 4 heteroatoms. The molecule has 0 bridgehead atoms. The number of H-pyrrole nitrogens is 1. The third kappa shape index (κ3) is 1.83. The monoisotopic (exact) mass is 247 g/mol. The summed E-state index contributed by atoms with van der Waals surface area (Å²) in [6.07, 6.45) is 0.701. The van der Waals surface area contributed by atoms with Gasteiger partial charge in [-0.25, -0.2) is 0 Å². The van der Waals surface area contributed by atoms with Crippen molar-refractivity contribution in [1.82, 2.24) is 4.98 Å². The lowest BCUT2D eigenvalue weighted by Crippen LogP contribution is -2.13. The van der Waals surface area contributed by atoms with Crippen LogP contribution >= 0.6 is 0 Å². The van der Waals surface area contributed by atoms with Crippen LogP contribution in [0.25, 0.3) is 10.9 Å². The second kappa shape index (κ2) is 4.72. The van der Waals surface area contributed by atoms with Gasteiger partial charge in [0.05, 0.1) is 25.1 Å². The Morgan fingerprint density at radius 3 is 2.50 bits per heavy atom. The van der Waals surface area contributed by atoms with Crippen LogP contribution in [0.1, 0.15) is 18.2 Å². The van der Waals surface area contributed by atoms with Crippen LogP contribution < -0.4 is 14.9 Å². The highest BCUT2D eigenvalue weighted by atomic mass is 16.5. The van der Waals surface area contributed by atoms with Crippen molar-refractivity contribution in [3.05, 3.63) is 33.6 Å². The first-order chi connectivity index (χ1) is 8.62. The molecule has 4 nitrogen and oxygen atoms in total. The van der Waals surface area contributed by atoms with Crippen molar-refractivity contribution in [2.45, 2.75) is 20.3 Å². The van der Waals surface area contributed by atoms with E-state index in [4.69, 9.17) is 9.47 Å². The van der Waals surface area contributed by atoms with E-state index in [9.17, 15) is 4.79 Å². The van der Waals surface area contributed by atoms with Gasteiger partial charge in [-0.1, -0.05) is 6.92 Å². The Morgan fingerprint density at radius 2 is 1.94 bits per heavy atom. The second-order valence-electron chi connectivity index (χ2n) is 4.16. The van der Waals surface area contributed by atoms with Crippen LogP contribution in [0.15, 0.2) is 16.9 Å². The summed E-state index contributed by atoms with van der Waals surface area (Å²) in [5, 5.41) is 0.584. The first kappa shape index (κ1) is 12.5. The number of benzene rings is 1. The molecule has 0 spiro atoms. The molecule has 0 aliphatic heterocycles. The summed E-state index contributed by atoms with van der Waals surface area (Å²) in [7, 11) is 3.14. The quantitative estimate of drug-likeness (QED) is 0.906. The molecule has 0 atom stereocenters. The molecule has 0 aliphatic rings. The number of nitrogens with one attached hydrogen (secondary N) is 1. The number of ether oxygens (including phenoxy) is 2. The van der Waals surface area contributed by atoms with Gasteiger partial charge >= 0.3 is 0 Å². The maximum absolute atomic E-state index is 12.4. The molecule has 2 aromatic rings. The summed E-state index contributed by atoms with van der Waals surface area (Å²) < 4.78 is 10.5. The lowest BCUT2D eigenvalue weighted by Gasteiger charge is -2.11. The maximum Gasteiger partial charge on any atom is 0.196 e. The normalized spacial score (nSPS) is 10.7. The van der Waals surface area contributed by atoms with Crippen LogP contribution in [-0.2, 0) is 6.42 Å². The molecule has 96 valence electrons. The Morgan fingerprint density at radius 1 is 1.22 bits per heavy atom. The van der Waals surface area contributed by atoms with Crippen LogP contribution in [0.5, 0.6) is 11.5 Å². The van der Waals surface area contributed by atoms with Crippen molar-refractivity contribution in [3.8, 4) is 11.5 Å². The molecule has 0 saturated carbocycles. The Bertz CT molecular complexity index is 644. The summed E-state index contributed by atoms with van der Waals surface area (Å²) in [6, 6.07) is 3.54. The maximum atomic E-state index is 12.4. The number of aromatic amines is 1. The molecule has 18 heavy (non-hydrogen) atoms. The van der Waals surface area contributed by atoms with Crippen LogP contribution in [0.4, 0.5) is 0 Å². The van der Waals surface area contributed by atoms with Crippen molar-refractivity contribution in [2.75, 3.05) is 14.2 Å². The average Bonchev–Trinajstić information content (AvgIpc) is 2.37. The van der Waals surface area contributed by atoms with Gasteiger partial charge in [0.2, 0.25) is 0 Å². The van der Waals surface area contributed by atoms with Crippen LogP contribution in [-0.4, -0.2) is 19.2 Å². The van der Waals surface area contributed by atoms with E-state index in [1.807, 2.05) is 19.9 Å². The lowest BCUT2D eigenvalue weighted by molar-refractivity contribution is 0.397. The van der Waals surface area contributed by atoms with Crippen LogP contribution in [0.3, 0.4) is 0 Å². The van der Waals surface area contributed by atoms with Gasteiger partial charge in [-0.3, -0.25) is 4.79 Å². The number of aromatic nitrogens is 1. The van der Waals surface area contributed by atoms with Gasteiger partial charge in [0.1, 0.15) is 11.5 Å². The zero-order valence-corrected chi connectivity index (χ0v) is 11.1. The molecule has 0 saturated heterocycles. The molecule has 1 aromatic carbocycles. The summed E-state index contributed by atoms with van der Waals surface area (Å²) >= 11 is 0. The van der Waals surface area contributed by atoms with Gasteiger partial charge < -0.3 is 14.5 Å². The number of fused-ring (bicyclic) bond motifs is 1. The van der Waals surface area contributed by atoms with Gasteiger partial charge in [0.25, 0.3) is 0 Å². The van der Waals surface area contributed by atoms with Crippen molar-refractivity contribution in [1.29, 1.82) is 0 Å². The van der Waals surface area contributed by atoms with Gasteiger partial charge in [-0.15, -0.1) is 0 Å². The molecular formula is C14H17NO3. The van der Waals surface area contributed by atoms with E-state index >= 15 is 0 Å². The van der Waals surface area contributed by atoms with Crippen LogP contribution in [0, 0.1) is 6.92 Å². The second-order valence-corrected chi connectivity index (χ2v) is 4.16. The van der Waals surface area contributed by atoms with E-state index in [1.54, 1.807) is 20.3 Å². The SMILES string of the molecule is CCc1c(C)[nH]c2cc(OC)cc(OC)c2c1=O. The van der Waals surface area contributed by atoms with E-state index in [2.05, 4.69) is 4.98 Å². The Kier molecular flexibility index (Phi) is 3.28. The Balaban J connectivity index is 2.92. The molecule has 0 amide bonds. The average molecular weight is 247 g/mol. The minimum atomic E-state index is 0.0308. The number of aryl methyl sites for hydroxylation is 1. The fourth-order valence-corrected chi connectivity index (χ4v) is 2.23. The van der Waals surface area contributed by atoms with E-state index in [-0.39, 0.29) is 5.43 Å². The summed E-state index contributed by atoms with van der Waals surface area (Å²) in [4.78, 5) is 15.7. The van der Waals surface area contributed by atoms with E-state index in [0.717, 1.165) is 16.8 Å². The highest BCUT2D eigenvalue weighted by Crippen LogP contribution is 2.28. The molecule has 0 radical (unpaired) electrons. The lowest BCUT2D eigenvalue weighted by atomic mass is 10.1. The van der Waals surface area contributed by atoms with Gasteiger partial charge in [0, 0.05) is 23.4 Å². The van der Waals surface area contributed by atoms with Gasteiger partial charge in [0.15, 0.2) is 5.43 Å². The first-order valence-electron chi connectivity index (χ1n) is 5.89. The van der Waals surface area contributed by atoms with Crippen LogP contribution in [0.2, 0.25) is 0 Å². The summed E-state index contributed by atoms with van der Waals surface area (Å²) in [5.41, 5.74) is 2.46. The van der Waals surface area contributed by atoms with E-state index in [0.29, 0.717) is 23.3 Å². The summed E-state index contributed by atoms with van der Waals surface area (Å²) in [6.45, 7) is 3.88. The van der Waals surface area contributed by atoms with E-state index < -0.39 is 0 Å². The largest absolute Gasteiger partial charge is 0.497 e. The number of methoxy groups -OCH3 is 2. The minimum Gasteiger partial charge on any atom is -0.497 e. The minimum absolute atomic E-state index is 0.0308. The van der Waals surface area contributed by atoms with Crippen molar-refractivity contribution < 1.29 is 9.47 Å². The number of pyridine rings is 1. The molecule has 2 rings (SSSR count). The molecule has 1 N–H and O–H groups in total. The summed E-state index contributed by atoms with van der Waals surface area (Å²) in [5.74, 6) is 1.21. The predicted octanol–water partition coefficient (Wildman–Crippen LogP) is 2.42. The third-order valence-corrected chi connectivity index (χ3v) is 3.16. The Labute approximate surface area is 106 Å². The molecular weight excluding hydrogens is 230 g/mol. The zero-order valence-electron chi connectivity index (χ0n) is 11.1. The first-order valence-corrected chi connectivity index (χ1v) is 5.89. The molecule has 0 aliphatic carbocycles. The van der Waals surface area contributed by atoms with Gasteiger partial charge in [-0.2, -0.15) is 0 Å². The number of hydrogen-bond donors (Lipinski definition) is 1. The Hall–Kier alpha value is -1.97. The highest BCUT2D eigenvalue weighted by Gasteiger charge is 2.13. The van der Waals surface area contributed by atoms with Crippen molar-refractivity contribution >= 4 is 10.9 Å². The van der Waals surface area contributed by atoms with E-state index in [1.165, 1.54) is 0 Å². The molecule has 1 aromatic heterocycles. The standard InChI is InChI=1S/C14H17NO3/c1-5-10-8(2)15-11-6-9(17-3)7-12(18-4)13(11)14(10)16/h6-7H,5H2,1-4H3,(H,15,16). The molecule has 0 fully saturated rings. The predicted molar refractivity (Wildman–Crippen MR) is 71.8 cm³/mol. The zero-order chi connectivity index (χ0) is 13.3.